The van der Waals surface area contributed by atoms with Gasteiger partial charge in [0.05, 0.1) is 6.10 Å². The molecule has 0 spiro atoms. The maximum absolute atomic E-state index is 11.7. The number of hydrogen-bond acceptors (Lipinski definition) is 3. The van der Waals surface area contributed by atoms with Gasteiger partial charge in [-0.2, -0.15) is 0 Å². The summed E-state index contributed by atoms with van der Waals surface area (Å²) in [4.78, 5) is 22.5. The molecule has 0 aliphatic heterocycles. The lowest BCUT2D eigenvalue weighted by molar-refractivity contribution is -0.129. The molecule has 1 aliphatic carbocycles. The predicted octanol–water partition coefficient (Wildman–Crippen LogP) is 0.328. The fourth-order valence-electron chi connectivity index (χ4n) is 2.17. The lowest BCUT2D eigenvalue weighted by Crippen LogP contribution is -2.60. The van der Waals surface area contributed by atoms with Crippen LogP contribution in [0.25, 0.3) is 0 Å². The fraction of sp³-hybridized carbons (Fsp3) is 0.800. The Balaban J connectivity index is 2.74. The number of carboxylic acid groups (broad SMARTS) is 1. The summed E-state index contributed by atoms with van der Waals surface area (Å²) < 4.78 is 5.20. The first-order valence-electron chi connectivity index (χ1n) is 5.30. The second kappa shape index (κ2) is 5.16. The van der Waals surface area contributed by atoms with Gasteiger partial charge in [-0.3, -0.25) is 4.79 Å². The van der Waals surface area contributed by atoms with Gasteiger partial charge in [-0.15, -0.1) is 0 Å². The first-order valence-corrected chi connectivity index (χ1v) is 5.30. The number of carbonyl (C=O) groups is 2. The van der Waals surface area contributed by atoms with Gasteiger partial charge in [-0.25, -0.2) is 4.79 Å². The molecule has 92 valence electrons. The van der Waals surface area contributed by atoms with Crippen LogP contribution in [-0.4, -0.2) is 42.9 Å². The van der Waals surface area contributed by atoms with Crippen LogP contribution in [0.4, 0.5) is 4.79 Å². The average molecular weight is 230 g/mol. The minimum absolute atomic E-state index is 0.119. The van der Waals surface area contributed by atoms with Gasteiger partial charge in [0.1, 0.15) is 5.54 Å². The molecule has 0 aromatic heterocycles. The lowest BCUT2D eigenvalue weighted by atomic mass is 9.79. The predicted molar refractivity (Wildman–Crippen MR) is 57.2 cm³/mol. The third kappa shape index (κ3) is 2.63. The first kappa shape index (κ1) is 12.8. The zero-order valence-electron chi connectivity index (χ0n) is 9.58. The van der Waals surface area contributed by atoms with Crippen LogP contribution in [0.2, 0.25) is 0 Å². The summed E-state index contributed by atoms with van der Waals surface area (Å²) in [5.41, 5.74) is -0.990. The van der Waals surface area contributed by atoms with Crippen LogP contribution in [-0.2, 0) is 9.53 Å². The molecular formula is C10H18N2O4. The molecule has 0 unspecified atom stereocenters. The van der Waals surface area contributed by atoms with Gasteiger partial charge in [0.2, 0.25) is 5.91 Å². The maximum Gasteiger partial charge on any atom is 0.405 e. The van der Waals surface area contributed by atoms with Crippen molar-refractivity contribution in [3.8, 4) is 0 Å². The largest absolute Gasteiger partial charge is 0.465 e. The fourth-order valence-corrected chi connectivity index (χ4v) is 2.17. The molecule has 0 bridgehead atoms. The minimum atomic E-state index is -1.17. The Kier molecular flexibility index (Phi) is 4.12. The third-order valence-corrected chi connectivity index (χ3v) is 3.13. The van der Waals surface area contributed by atoms with Crippen molar-refractivity contribution in [2.75, 3.05) is 14.2 Å². The quantitative estimate of drug-likeness (QED) is 0.652. The summed E-state index contributed by atoms with van der Waals surface area (Å²) >= 11 is 0. The number of likely N-dealkylation sites (N-methyl/N-ethyl adjacent to an activating group) is 1. The molecule has 0 aromatic carbocycles. The molecule has 6 nitrogen and oxygen atoms in total. The highest BCUT2D eigenvalue weighted by molar-refractivity contribution is 5.89. The summed E-state index contributed by atoms with van der Waals surface area (Å²) in [5.74, 6) is -0.274. The van der Waals surface area contributed by atoms with E-state index in [2.05, 4.69) is 10.6 Å². The summed E-state index contributed by atoms with van der Waals surface area (Å²) in [6, 6.07) is 0. The van der Waals surface area contributed by atoms with Crippen molar-refractivity contribution in [3.63, 3.8) is 0 Å². The molecule has 3 N–H and O–H groups in total. The number of rotatable bonds is 3. The van der Waals surface area contributed by atoms with E-state index in [9.17, 15) is 9.59 Å². The normalized spacial score (nSPS) is 29.5. The van der Waals surface area contributed by atoms with Crippen LogP contribution in [0.3, 0.4) is 0 Å². The molecule has 0 aromatic rings. The highest BCUT2D eigenvalue weighted by atomic mass is 16.5. The van der Waals surface area contributed by atoms with Crippen molar-refractivity contribution in [1.82, 2.24) is 10.6 Å². The van der Waals surface area contributed by atoms with Crippen LogP contribution in [0.15, 0.2) is 0 Å². The van der Waals surface area contributed by atoms with Crippen molar-refractivity contribution >= 4 is 12.0 Å². The van der Waals surface area contributed by atoms with E-state index in [1.54, 1.807) is 7.11 Å². The van der Waals surface area contributed by atoms with Crippen molar-refractivity contribution in [1.29, 1.82) is 0 Å². The second-order valence-corrected chi connectivity index (χ2v) is 4.03. The van der Waals surface area contributed by atoms with E-state index in [4.69, 9.17) is 9.84 Å². The van der Waals surface area contributed by atoms with E-state index < -0.39 is 11.6 Å². The van der Waals surface area contributed by atoms with Gasteiger partial charge in [-0.1, -0.05) is 0 Å². The topological polar surface area (TPSA) is 87.7 Å². The zero-order chi connectivity index (χ0) is 12.2. The summed E-state index contributed by atoms with van der Waals surface area (Å²) in [7, 11) is 3.14. The monoisotopic (exact) mass is 230 g/mol. The third-order valence-electron chi connectivity index (χ3n) is 3.13. The van der Waals surface area contributed by atoms with Gasteiger partial charge in [0.25, 0.3) is 0 Å². The van der Waals surface area contributed by atoms with Crippen molar-refractivity contribution < 1.29 is 19.4 Å². The van der Waals surface area contributed by atoms with Crippen LogP contribution in [0, 0.1) is 0 Å². The number of carbonyl (C=O) groups excluding carboxylic acids is 1. The number of hydrogen-bond donors (Lipinski definition) is 3. The summed E-state index contributed by atoms with van der Waals surface area (Å²) in [5, 5.41) is 13.6. The van der Waals surface area contributed by atoms with Gasteiger partial charge in [-0.05, 0) is 25.7 Å². The van der Waals surface area contributed by atoms with Crippen molar-refractivity contribution in [2.24, 2.45) is 0 Å². The molecular weight excluding hydrogens is 212 g/mol. The van der Waals surface area contributed by atoms with E-state index in [1.165, 1.54) is 7.05 Å². The standard InChI is InChI=1S/C10H18N2O4/c1-11-8(13)10(12-9(14)15)5-3-7(16-2)4-6-10/h7,12H,3-6H2,1-2H3,(H,11,13)(H,14,15). The number of methoxy groups -OCH3 is 1. The molecule has 1 rings (SSSR count). The van der Waals surface area contributed by atoms with E-state index in [0.717, 1.165) is 0 Å². The second-order valence-electron chi connectivity index (χ2n) is 4.03. The molecule has 1 aliphatic rings. The summed E-state index contributed by atoms with van der Waals surface area (Å²) in [6.07, 6.45) is 1.26. The van der Waals surface area contributed by atoms with Crippen LogP contribution < -0.4 is 10.6 Å². The molecule has 16 heavy (non-hydrogen) atoms. The Labute approximate surface area is 94.3 Å². The Morgan fingerprint density at radius 3 is 2.31 bits per heavy atom. The maximum atomic E-state index is 11.7. The lowest BCUT2D eigenvalue weighted by Gasteiger charge is -2.37. The molecule has 1 saturated carbocycles. The molecule has 0 atom stereocenters. The van der Waals surface area contributed by atoms with Gasteiger partial charge in [0.15, 0.2) is 0 Å². The SMILES string of the molecule is CNC(=O)C1(NC(=O)O)CCC(OC)CC1. The molecule has 0 saturated heterocycles. The van der Waals surface area contributed by atoms with Crippen LogP contribution >= 0.6 is 0 Å². The molecule has 0 heterocycles. The first-order chi connectivity index (χ1) is 7.54. The van der Waals surface area contributed by atoms with Gasteiger partial charge in [0, 0.05) is 14.2 Å². The number of amides is 2. The highest BCUT2D eigenvalue weighted by Crippen LogP contribution is 2.30. The minimum Gasteiger partial charge on any atom is -0.465 e. The Hall–Kier alpha value is -1.30. The summed E-state index contributed by atoms with van der Waals surface area (Å²) in [6.45, 7) is 0. The average Bonchev–Trinajstić information content (AvgIpc) is 2.28. The zero-order valence-corrected chi connectivity index (χ0v) is 9.58. The van der Waals surface area contributed by atoms with Crippen LogP contribution in [0.5, 0.6) is 0 Å². The molecule has 0 radical (unpaired) electrons. The molecule has 2 amide bonds. The van der Waals surface area contributed by atoms with E-state index in [1.807, 2.05) is 0 Å². The van der Waals surface area contributed by atoms with Crippen molar-refractivity contribution in [2.45, 2.75) is 37.3 Å². The number of ether oxygens (including phenoxy) is 1. The smallest absolute Gasteiger partial charge is 0.405 e. The van der Waals surface area contributed by atoms with Crippen LogP contribution in [0.1, 0.15) is 25.7 Å². The Morgan fingerprint density at radius 2 is 1.94 bits per heavy atom. The Morgan fingerprint density at radius 1 is 1.38 bits per heavy atom. The Bertz CT molecular complexity index is 272. The molecule has 1 fully saturated rings. The van der Waals surface area contributed by atoms with E-state index >= 15 is 0 Å². The van der Waals surface area contributed by atoms with E-state index in [0.29, 0.717) is 25.7 Å². The number of nitrogens with one attached hydrogen (secondary N) is 2. The van der Waals surface area contributed by atoms with Gasteiger partial charge >= 0.3 is 6.09 Å². The van der Waals surface area contributed by atoms with E-state index in [-0.39, 0.29) is 12.0 Å². The molecule has 6 heteroatoms. The van der Waals surface area contributed by atoms with Gasteiger partial charge < -0.3 is 20.5 Å². The highest BCUT2D eigenvalue weighted by Gasteiger charge is 2.42. The van der Waals surface area contributed by atoms with Crippen molar-refractivity contribution in [3.05, 3.63) is 0 Å².